The Morgan fingerprint density at radius 2 is 2.19 bits per heavy atom. The summed E-state index contributed by atoms with van der Waals surface area (Å²) >= 11 is 4.25. The van der Waals surface area contributed by atoms with Crippen molar-refractivity contribution in [3.8, 4) is 0 Å². The highest BCUT2D eigenvalue weighted by molar-refractivity contribution is 8.01. The quantitative estimate of drug-likeness (QED) is 0.549. The van der Waals surface area contributed by atoms with Crippen molar-refractivity contribution in [2.75, 3.05) is 11.5 Å². The Hall–Kier alpha value is -1.59. The fourth-order valence-corrected chi connectivity index (χ4v) is 5.50. The molecule has 2 aliphatic rings. The van der Waals surface area contributed by atoms with E-state index in [0.717, 1.165) is 4.34 Å². The van der Waals surface area contributed by atoms with Crippen LogP contribution in [0.1, 0.15) is 20.8 Å². The average Bonchev–Trinajstić information content (AvgIpc) is 3.08. The molecule has 2 amide bonds. The van der Waals surface area contributed by atoms with Crippen LogP contribution in [0.15, 0.2) is 21.1 Å². The van der Waals surface area contributed by atoms with Gasteiger partial charge < -0.3 is 10.4 Å². The lowest BCUT2D eigenvalue weighted by atomic mass is 9.94. The van der Waals surface area contributed by atoms with Crippen LogP contribution < -0.4 is 5.32 Å². The van der Waals surface area contributed by atoms with Crippen molar-refractivity contribution in [1.29, 1.82) is 0 Å². The number of amides is 2. The number of aliphatic carboxylic acids is 1. The van der Waals surface area contributed by atoms with Gasteiger partial charge in [0.15, 0.2) is 4.34 Å². The number of fused-ring (bicyclic) bond motifs is 1. The zero-order valence-corrected chi connectivity index (χ0v) is 16.8. The van der Waals surface area contributed by atoms with Gasteiger partial charge in [-0.1, -0.05) is 43.9 Å². The lowest BCUT2D eigenvalue weighted by molar-refractivity contribution is -0.151. The molecule has 3 rings (SSSR count). The van der Waals surface area contributed by atoms with Crippen LogP contribution in [-0.4, -0.2) is 60.9 Å². The lowest BCUT2D eigenvalue weighted by Crippen LogP contribution is -2.71. The Morgan fingerprint density at radius 1 is 1.46 bits per heavy atom. The molecule has 0 spiro atoms. The van der Waals surface area contributed by atoms with Crippen molar-refractivity contribution in [2.24, 2.45) is 5.41 Å². The van der Waals surface area contributed by atoms with Crippen molar-refractivity contribution in [3.05, 3.63) is 16.8 Å². The molecular formula is C15H18N4O4S3. The molecule has 0 bridgehead atoms. The molecule has 0 saturated carbocycles. The van der Waals surface area contributed by atoms with Crippen molar-refractivity contribution in [3.63, 3.8) is 0 Å². The summed E-state index contributed by atoms with van der Waals surface area (Å²) in [6, 6.07) is -0.682. The molecule has 0 aliphatic carbocycles. The Morgan fingerprint density at radius 3 is 2.77 bits per heavy atom. The molecule has 1 aromatic rings. The second kappa shape index (κ2) is 7.20. The molecule has 2 aliphatic heterocycles. The summed E-state index contributed by atoms with van der Waals surface area (Å²) in [4.78, 5) is 37.8. The number of nitrogens with zero attached hydrogens (tertiary/aromatic N) is 3. The molecule has 0 aromatic carbocycles. The minimum Gasteiger partial charge on any atom is -0.477 e. The minimum atomic E-state index is -1.13. The minimum absolute atomic E-state index is 0.0250. The van der Waals surface area contributed by atoms with Crippen LogP contribution in [0.4, 0.5) is 0 Å². The lowest BCUT2D eigenvalue weighted by Gasteiger charge is -2.49. The maximum atomic E-state index is 12.5. The van der Waals surface area contributed by atoms with E-state index in [1.54, 1.807) is 26.3 Å². The van der Waals surface area contributed by atoms with Crippen LogP contribution in [-0.2, 0) is 14.4 Å². The highest BCUT2D eigenvalue weighted by Crippen LogP contribution is 2.41. The van der Waals surface area contributed by atoms with Crippen molar-refractivity contribution >= 4 is 52.6 Å². The van der Waals surface area contributed by atoms with Crippen molar-refractivity contribution in [2.45, 2.75) is 36.5 Å². The molecule has 11 heteroatoms. The first-order valence-electron chi connectivity index (χ1n) is 7.80. The molecule has 0 unspecified atom stereocenters. The van der Waals surface area contributed by atoms with E-state index in [0.29, 0.717) is 17.1 Å². The fraction of sp³-hybridized carbons (Fsp3) is 0.533. The van der Waals surface area contributed by atoms with Gasteiger partial charge in [0, 0.05) is 16.9 Å². The van der Waals surface area contributed by atoms with Gasteiger partial charge in [-0.3, -0.25) is 14.5 Å². The van der Waals surface area contributed by atoms with Gasteiger partial charge >= 0.3 is 5.97 Å². The molecule has 0 radical (unpaired) electrons. The smallest absolute Gasteiger partial charge is 0.352 e. The molecule has 2 N–H and O–H groups in total. The molecule has 1 saturated heterocycles. The Labute approximate surface area is 162 Å². The topological polar surface area (TPSA) is 112 Å². The van der Waals surface area contributed by atoms with Gasteiger partial charge in [-0.05, 0) is 5.57 Å². The maximum Gasteiger partial charge on any atom is 0.352 e. The second-order valence-electron chi connectivity index (χ2n) is 6.86. The highest BCUT2D eigenvalue weighted by Gasteiger charge is 2.54. The number of hydrogen-bond acceptors (Lipinski definition) is 8. The summed E-state index contributed by atoms with van der Waals surface area (Å²) in [5.74, 6) is -0.814. The Balaban J connectivity index is 1.75. The summed E-state index contributed by atoms with van der Waals surface area (Å²) in [5, 5.41) is 19.7. The van der Waals surface area contributed by atoms with Gasteiger partial charge in [-0.2, -0.15) is 0 Å². The fourth-order valence-electron chi connectivity index (χ4n) is 2.53. The van der Waals surface area contributed by atoms with Crippen LogP contribution in [0.3, 0.4) is 0 Å². The van der Waals surface area contributed by atoms with Crippen LogP contribution in [0.5, 0.6) is 0 Å². The van der Waals surface area contributed by atoms with E-state index in [1.165, 1.54) is 39.8 Å². The predicted molar refractivity (Wildman–Crippen MR) is 99.8 cm³/mol. The van der Waals surface area contributed by atoms with Gasteiger partial charge in [0.25, 0.3) is 5.91 Å². The van der Waals surface area contributed by atoms with E-state index in [2.05, 4.69) is 15.5 Å². The Kier molecular flexibility index (Phi) is 5.31. The number of carboxylic acid groups (broad SMARTS) is 1. The van der Waals surface area contributed by atoms with Gasteiger partial charge in [-0.15, -0.1) is 22.0 Å². The largest absolute Gasteiger partial charge is 0.477 e. The standard InChI is InChI=1S/C15H18N4O4S3/c1-15(2,3)13(23)17-8-10(20)19-9(12(21)22)7(4-24-11(8)19)5-25-14-18-16-6-26-14/h6,8,11H,4-5H2,1-3H3,(H,17,23)(H,21,22)/t8-,11-/m1/s1. The highest BCUT2D eigenvalue weighted by atomic mass is 32.2. The SMILES string of the molecule is CC(C)(C)C(=O)N[C@@H]1C(=O)N2C(C(=O)O)=C(CSc3nncs3)CS[C@H]12. The van der Waals surface area contributed by atoms with Gasteiger partial charge in [0.1, 0.15) is 22.6 Å². The first-order valence-corrected chi connectivity index (χ1v) is 10.7. The van der Waals surface area contributed by atoms with E-state index in [9.17, 15) is 19.5 Å². The zero-order valence-electron chi connectivity index (χ0n) is 14.4. The first kappa shape index (κ1) is 19.2. The number of nitrogens with one attached hydrogen (secondary N) is 1. The van der Waals surface area contributed by atoms with E-state index in [4.69, 9.17) is 0 Å². The zero-order chi connectivity index (χ0) is 19.1. The van der Waals surface area contributed by atoms with Crippen LogP contribution in [0.2, 0.25) is 0 Å². The van der Waals surface area contributed by atoms with Gasteiger partial charge in [0.2, 0.25) is 5.91 Å². The van der Waals surface area contributed by atoms with Crippen LogP contribution >= 0.6 is 34.9 Å². The molecular weight excluding hydrogens is 396 g/mol. The van der Waals surface area contributed by atoms with Crippen molar-refractivity contribution in [1.82, 2.24) is 20.4 Å². The summed E-state index contributed by atoms with van der Waals surface area (Å²) in [5.41, 5.74) is 1.70. The number of thioether (sulfide) groups is 2. The van der Waals surface area contributed by atoms with Gasteiger partial charge in [0.05, 0.1) is 0 Å². The van der Waals surface area contributed by atoms with E-state index < -0.39 is 17.4 Å². The summed E-state index contributed by atoms with van der Waals surface area (Å²) in [7, 11) is 0. The van der Waals surface area contributed by atoms with E-state index in [-0.39, 0.29) is 22.9 Å². The van der Waals surface area contributed by atoms with Gasteiger partial charge in [-0.25, -0.2) is 4.79 Å². The normalized spacial score (nSPS) is 22.7. The monoisotopic (exact) mass is 414 g/mol. The third kappa shape index (κ3) is 3.60. The molecule has 26 heavy (non-hydrogen) atoms. The number of carboxylic acids is 1. The predicted octanol–water partition coefficient (Wildman–Crippen LogP) is 1.41. The third-order valence-electron chi connectivity index (χ3n) is 3.93. The van der Waals surface area contributed by atoms with E-state index in [1.807, 2.05) is 0 Å². The Bertz CT molecular complexity index is 772. The van der Waals surface area contributed by atoms with Crippen molar-refractivity contribution < 1.29 is 19.5 Å². The average molecular weight is 415 g/mol. The van der Waals surface area contributed by atoms with E-state index >= 15 is 0 Å². The number of hydrogen-bond donors (Lipinski definition) is 2. The maximum absolute atomic E-state index is 12.5. The molecule has 1 aromatic heterocycles. The summed E-state index contributed by atoms with van der Waals surface area (Å²) in [6.07, 6.45) is 0. The number of rotatable bonds is 5. The molecule has 1 fully saturated rings. The number of carbonyl (C=O) groups is 3. The number of β-lactam (4-membered cyclic amide) rings is 1. The second-order valence-corrected chi connectivity index (χ2v) is 10.0. The van der Waals surface area contributed by atoms with Crippen LogP contribution in [0.25, 0.3) is 0 Å². The third-order valence-corrected chi connectivity index (χ3v) is 7.21. The molecule has 140 valence electrons. The first-order chi connectivity index (χ1) is 12.2. The summed E-state index contributed by atoms with van der Waals surface area (Å²) < 4.78 is 0.750. The molecule has 2 atom stereocenters. The summed E-state index contributed by atoms with van der Waals surface area (Å²) in [6.45, 7) is 5.30. The molecule has 3 heterocycles. The van der Waals surface area contributed by atoms with Crippen LogP contribution in [0, 0.1) is 5.41 Å². The number of carbonyl (C=O) groups excluding carboxylic acids is 2. The number of aromatic nitrogens is 2. The molecule has 8 nitrogen and oxygen atoms in total.